The van der Waals surface area contributed by atoms with Crippen molar-refractivity contribution in [3.8, 4) is 17.2 Å². The third-order valence-electron chi connectivity index (χ3n) is 4.56. The second-order valence-electron chi connectivity index (χ2n) is 6.20. The molecule has 4 rings (SSSR count). The van der Waals surface area contributed by atoms with Crippen molar-refractivity contribution in [1.29, 1.82) is 5.26 Å². The van der Waals surface area contributed by atoms with E-state index in [1.54, 1.807) is 18.2 Å². The van der Waals surface area contributed by atoms with Crippen molar-refractivity contribution in [3.05, 3.63) is 70.3 Å². The van der Waals surface area contributed by atoms with Crippen LogP contribution in [-0.2, 0) is 0 Å². The van der Waals surface area contributed by atoms with Crippen LogP contribution in [0.2, 0.25) is 0 Å². The van der Waals surface area contributed by atoms with Crippen LogP contribution in [0.25, 0.3) is 21.9 Å². The Labute approximate surface area is 139 Å². The minimum atomic E-state index is -0.441. The van der Waals surface area contributed by atoms with Gasteiger partial charge in [0.1, 0.15) is 0 Å². The molecule has 3 heteroatoms. The van der Waals surface area contributed by atoms with Gasteiger partial charge in [0, 0.05) is 16.5 Å². The monoisotopic (exact) mass is 311 g/mol. The van der Waals surface area contributed by atoms with Crippen LogP contribution in [0, 0.1) is 25.2 Å². The predicted molar refractivity (Wildman–Crippen MR) is 92.2 cm³/mol. The number of benzene rings is 3. The molecule has 0 radical (unpaired) electrons. The minimum absolute atomic E-state index is 0.431. The summed E-state index contributed by atoms with van der Waals surface area (Å²) in [5.41, 5.74) is 5.10. The van der Waals surface area contributed by atoms with Crippen molar-refractivity contribution < 1.29 is 9.59 Å². The molecule has 3 aromatic carbocycles. The summed E-state index contributed by atoms with van der Waals surface area (Å²) in [6.45, 7) is 3.87. The number of Topliss-reactive ketones (excluding diaryl/α,β-unsaturated/α-hetero) is 2. The van der Waals surface area contributed by atoms with E-state index in [2.05, 4.69) is 6.07 Å². The molecular weight excluding hydrogens is 298 g/mol. The first-order valence-corrected chi connectivity index (χ1v) is 7.69. The average Bonchev–Trinajstić information content (AvgIpc) is 2.81. The van der Waals surface area contributed by atoms with Crippen molar-refractivity contribution in [2.24, 2.45) is 0 Å². The molecule has 24 heavy (non-hydrogen) atoms. The van der Waals surface area contributed by atoms with Crippen molar-refractivity contribution in [1.82, 2.24) is 0 Å². The van der Waals surface area contributed by atoms with E-state index in [1.165, 1.54) is 0 Å². The highest BCUT2D eigenvalue weighted by Gasteiger charge is 2.34. The van der Waals surface area contributed by atoms with Gasteiger partial charge in [0.15, 0.2) is 0 Å². The van der Waals surface area contributed by atoms with Gasteiger partial charge in [0.2, 0.25) is 11.6 Å². The maximum absolute atomic E-state index is 12.7. The Kier molecular flexibility index (Phi) is 2.91. The van der Waals surface area contributed by atoms with Gasteiger partial charge in [-0.1, -0.05) is 24.3 Å². The number of nitriles is 1. The highest BCUT2D eigenvalue weighted by Crippen LogP contribution is 2.40. The van der Waals surface area contributed by atoms with Crippen molar-refractivity contribution in [3.63, 3.8) is 0 Å². The lowest BCUT2D eigenvalue weighted by Crippen LogP contribution is -2.08. The van der Waals surface area contributed by atoms with Gasteiger partial charge in [0.05, 0.1) is 11.6 Å². The first-order chi connectivity index (χ1) is 11.5. The molecule has 0 atom stereocenters. The number of carbonyl (C=O) groups excluding carboxylic acids is 2. The third kappa shape index (κ3) is 1.83. The fourth-order valence-electron chi connectivity index (χ4n) is 3.56. The van der Waals surface area contributed by atoms with Gasteiger partial charge in [-0.15, -0.1) is 0 Å². The molecule has 0 heterocycles. The van der Waals surface area contributed by atoms with E-state index in [9.17, 15) is 9.59 Å². The summed E-state index contributed by atoms with van der Waals surface area (Å²) < 4.78 is 0. The molecule has 0 aliphatic heterocycles. The number of hydrogen-bond acceptors (Lipinski definition) is 3. The lowest BCUT2D eigenvalue weighted by Gasteiger charge is -2.12. The summed E-state index contributed by atoms with van der Waals surface area (Å²) in [7, 11) is 0. The van der Waals surface area contributed by atoms with E-state index in [-0.39, 0.29) is 0 Å². The largest absolute Gasteiger partial charge is 0.285 e. The highest BCUT2D eigenvalue weighted by atomic mass is 16.2. The van der Waals surface area contributed by atoms with E-state index < -0.39 is 11.6 Å². The number of hydrogen-bond donors (Lipinski definition) is 0. The fraction of sp³-hybridized carbons (Fsp3) is 0.0952. The summed E-state index contributed by atoms with van der Waals surface area (Å²) in [6.07, 6.45) is 0. The number of nitrogens with zero attached hydrogens (tertiary/aromatic N) is 1. The van der Waals surface area contributed by atoms with E-state index in [0.29, 0.717) is 16.7 Å². The lowest BCUT2D eigenvalue weighted by molar-refractivity contribution is 0.0825. The normalized spacial score (nSPS) is 12.7. The number of carbonyl (C=O) groups is 2. The standard InChI is InChI=1S/C21H13NO2/c1-11-7-15-9-12(2)17(14-5-3-13(10-22)4-6-14)19-18(15)16(8-11)20(23)21(19)24/h3-9H,1-2H3. The van der Waals surface area contributed by atoms with Crippen molar-refractivity contribution in [2.45, 2.75) is 13.8 Å². The smallest absolute Gasteiger partial charge is 0.234 e. The van der Waals surface area contributed by atoms with Crippen LogP contribution in [0.3, 0.4) is 0 Å². The summed E-state index contributed by atoms with van der Waals surface area (Å²) >= 11 is 0. The lowest BCUT2D eigenvalue weighted by atomic mass is 9.90. The number of rotatable bonds is 1. The molecule has 0 N–H and O–H groups in total. The summed E-state index contributed by atoms with van der Waals surface area (Å²) in [5, 5.41) is 10.6. The maximum Gasteiger partial charge on any atom is 0.234 e. The van der Waals surface area contributed by atoms with E-state index in [1.807, 2.05) is 38.1 Å². The van der Waals surface area contributed by atoms with Crippen LogP contribution >= 0.6 is 0 Å². The van der Waals surface area contributed by atoms with E-state index in [4.69, 9.17) is 5.26 Å². The topological polar surface area (TPSA) is 57.9 Å². The SMILES string of the molecule is Cc1cc2c3c(c(-c4ccc(C#N)cc4)c(C)cc3c1)C(=O)C2=O. The quantitative estimate of drug-likeness (QED) is 0.627. The molecule has 0 unspecified atom stereocenters. The third-order valence-corrected chi connectivity index (χ3v) is 4.56. The Bertz CT molecular complexity index is 1100. The molecule has 0 aromatic heterocycles. The molecule has 114 valence electrons. The molecule has 3 nitrogen and oxygen atoms in total. The first kappa shape index (κ1) is 14.3. The Morgan fingerprint density at radius 2 is 1.58 bits per heavy atom. The van der Waals surface area contributed by atoms with Crippen LogP contribution < -0.4 is 0 Å². The van der Waals surface area contributed by atoms with Gasteiger partial charge in [-0.2, -0.15) is 5.26 Å². The molecular formula is C21H13NO2. The van der Waals surface area contributed by atoms with E-state index >= 15 is 0 Å². The molecule has 1 aliphatic rings. The van der Waals surface area contributed by atoms with Crippen LogP contribution in [0.15, 0.2) is 42.5 Å². The molecule has 0 spiro atoms. The summed E-state index contributed by atoms with van der Waals surface area (Å²) in [4.78, 5) is 25.1. The van der Waals surface area contributed by atoms with Crippen LogP contribution in [0.1, 0.15) is 37.4 Å². The molecule has 0 bridgehead atoms. The number of aryl methyl sites for hydroxylation is 2. The average molecular weight is 311 g/mol. The zero-order chi connectivity index (χ0) is 17.0. The fourth-order valence-corrected chi connectivity index (χ4v) is 3.56. The molecule has 0 fully saturated rings. The second-order valence-corrected chi connectivity index (χ2v) is 6.20. The minimum Gasteiger partial charge on any atom is -0.285 e. The Morgan fingerprint density at radius 3 is 2.25 bits per heavy atom. The number of ketones is 2. The zero-order valence-electron chi connectivity index (χ0n) is 13.3. The van der Waals surface area contributed by atoms with Gasteiger partial charge in [-0.05, 0) is 59.7 Å². The second kappa shape index (κ2) is 4.87. The van der Waals surface area contributed by atoms with Crippen LogP contribution in [0.4, 0.5) is 0 Å². The van der Waals surface area contributed by atoms with Crippen molar-refractivity contribution >= 4 is 22.3 Å². The highest BCUT2D eigenvalue weighted by molar-refractivity contribution is 6.58. The molecule has 3 aromatic rings. The zero-order valence-corrected chi connectivity index (χ0v) is 13.3. The predicted octanol–water partition coefficient (Wildman–Crippen LogP) is 4.37. The Morgan fingerprint density at radius 1 is 0.875 bits per heavy atom. The molecule has 0 amide bonds. The van der Waals surface area contributed by atoms with Crippen LogP contribution in [-0.4, -0.2) is 11.6 Å². The summed E-state index contributed by atoms with van der Waals surface area (Å²) in [6, 6.07) is 15.0. The van der Waals surface area contributed by atoms with Gasteiger partial charge in [-0.25, -0.2) is 0 Å². The van der Waals surface area contributed by atoms with Gasteiger partial charge in [-0.3, -0.25) is 9.59 Å². The van der Waals surface area contributed by atoms with Gasteiger partial charge >= 0.3 is 0 Å². The van der Waals surface area contributed by atoms with Gasteiger partial charge in [0.25, 0.3) is 0 Å². The molecule has 1 aliphatic carbocycles. The van der Waals surface area contributed by atoms with Gasteiger partial charge < -0.3 is 0 Å². The molecule has 0 saturated carbocycles. The Hall–Kier alpha value is -3.25. The molecule has 0 saturated heterocycles. The summed E-state index contributed by atoms with van der Waals surface area (Å²) in [5.74, 6) is -0.872. The first-order valence-electron chi connectivity index (χ1n) is 7.69. The Balaban J connectivity index is 2.11. The maximum atomic E-state index is 12.7. The van der Waals surface area contributed by atoms with Crippen molar-refractivity contribution in [2.75, 3.05) is 0 Å². The van der Waals surface area contributed by atoms with Crippen LogP contribution in [0.5, 0.6) is 0 Å². The van der Waals surface area contributed by atoms with E-state index in [0.717, 1.165) is 33.0 Å².